The van der Waals surface area contributed by atoms with Crippen molar-refractivity contribution in [3.05, 3.63) is 52.9 Å². The van der Waals surface area contributed by atoms with Gasteiger partial charge in [-0.05, 0) is 35.4 Å². The summed E-state index contributed by atoms with van der Waals surface area (Å²) >= 11 is 1.69. The van der Waals surface area contributed by atoms with E-state index >= 15 is 0 Å². The van der Waals surface area contributed by atoms with Crippen LogP contribution in [0.15, 0.2) is 47.3 Å². The van der Waals surface area contributed by atoms with E-state index in [1.807, 2.05) is 18.2 Å². The SMILES string of the molecule is CC(c1ccsc1)n1c(N)nc2cnc3ccccc3c21. The topological polar surface area (TPSA) is 56.7 Å². The van der Waals surface area contributed by atoms with Gasteiger partial charge in [0.05, 0.1) is 23.3 Å². The molecule has 0 aliphatic carbocycles. The third-order valence-corrected chi connectivity index (χ3v) is 4.56. The third-order valence-electron chi connectivity index (χ3n) is 3.86. The first kappa shape index (κ1) is 12.3. The third kappa shape index (κ3) is 1.81. The van der Waals surface area contributed by atoms with Gasteiger partial charge < -0.3 is 10.3 Å². The monoisotopic (exact) mass is 294 g/mol. The smallest absolute Gasteiger partial charge is 0.201 e. The summed E-state index contributed by atoms with van der Waals surface area (Å²) in [6, 6.07) is 10.4. The van der Waals surface area contributed by atoms with Crippen LogP contribution in [0.5, 0.6) is 0 Å². The summed E-state index contributed by atoms with van der Waals surface area (Å²) in [5.41, 5.74) is 10.3. The number of anilines is 1. The number of thiophene rings is 1. The standard InChI is InChI=1S/C16H14N4S/c1-10(11-6-7-21-9-11)20-15-12-4-2-3-5-13(12)18-8-14(15)19-16(20)17/h2-10H,1H3,(H2,17,19). The molecule has 3 aromatic heterocycles. The second-order valence-corrected chi connectivity index (χ2v) is 5.86. The molecule has 3 heterocycles. The van der Waals surface area contributed by atoms with Crippen LogP contribution in [0, 0.1) is 0 Å². The number of pyridine rings is 1. The molecule has 4 nitrogen and oxygen atoms in total. The van der Waals surface area contributed by atoms with E-state index < -0.39 is 0 Å². The van der Waals surface area contributed by atoms with Crippen molar-refractivity contribution < 1.29 is 0 Å². The minimum absolute atomic E-state index is 0.145. The van der Waals surface area contributed by atoms with Crippen LogP contribution < -0.4 is 5.73 Å². The summed E-state index contributed by atoms with van der Waals surface area (Å²) in [7, 11) is 0. The Kier molecular flexibility index (Phi) is 2.68. The van der Waals surface area contributed by atoms with Crippen molar-refractivity contribution in [1.29, 1.82) is 0 Å². The van der Waals surface area contributed by atoms with Gasteiger partial charge in [-0.3, -0.25) is 4.98 Å². The number of rotatable bonds is 2. The Morgan fingerprint density at radius 1 is 1.19 bits per heavy atom. The lowest BCUT2D eigenvalue weighted by atomic mass is 10.1. The van der Waals surface area contributed by atoms with Crippen LogP contribution >= 0.6 is 11.3 Å². The summed E-state index contributed by atoms with van der Waals surface area (Å²) < 4.78 is 2.10. The molecule has 0 fully saturated rings. The molecule has 104 valence electrons. The zero-order valence-electron chi connectivity index (χ0n) is 11.5. The Morgan fingerprint density at radius 2 is 2.05 bits per heavy atom. The quantitative estimate of drug-likeness (QED) is 0.611. The number of fused-ring (bicyclic) bond motifs is 3. The number of nitrogens with two attached hydrogens (primary N) is 1. The molecule has 2 N–H and O–H groups in total. The van der Waals surface area contributed by atoms with E-state index in [4.69, 9.17) is 5.73 Å². The zero-order chi connectivity index (χ0) is 14.4. The van der Waals surface area contributed by atoms with Crippen LogP contribution in [0.2, 0.25) is 0 Å². The Labute approximate surface area is 125 Å². The van der Waals surface area contributed by atoms with Crippen LogP contribution in [0.4, 0.5) is 5.95 Å². The molecule has 1 atom stereocenters. The van der Waals surface area contributed by atoms with Gasteiger partial charge in [0.1, 0.15) is 5.52 Å². The highest BCUT2D eigenvalue weighted by Crippen LogP contribution is 2.31. The van der Waals surface area contributed by atoms with E-state index in [1.54, 1.807) is 17.5 Å². The van der Waals surface area contributed by atoms with Gasteiger partial charge in [0, 0.05) is 5.39 Å². The molecule has 4 rings (SSSR count). The molecular weight excluding hydrogens is 280 g/mol. The van der Waals surface area contributed by atoms with Gasteiger partial charge in [-0.25, -0.2) is 4.98 Å². The summed E-state index contributed by atoms with van der Waals surface area (Å²) in [5.74, 6) is 0.529. The lowest BCUT2D eigenvalue weighted by molar-refractivity contribution is 0.671. The van der Waals surface area contributed by atoms with Crippen molar-refractivity contribution in [1.82, 2.24) is 14.5 Å². The largest absolute Gasteiger partial charge is 0.369 e. The predicted molar refractivity (Wildman–Crippen MR) is 87.6 cm³/mol. The number of hydrogen-bond donors (Lipinski definition) is 1. The van der Waals surface area contributed by atoms with Crippen molar-refractivity contribution in [3.8, 4) is 0 Å². The van der Waals surface area contributed by atoms with Crippen LogP contribution in [0.1, 0.15) is 18.5 Å². The molecule has 0 amide bonds. The van der Waals surface area contributed by atoms with Gasteiger partial charge in [-0.2, -0.15) is 11.3 Å². The molecule has 4 aromatic rings. The Balaban J connectivity index is 2.08. The number of para-hydroxylation sites is 1. The summed E-state index contributed by atoms with van der Waals surface area (Å²) in [6.45, 7) is 2.15. The maximum atomic E-state index is 6.18. The Hall–Kier alpha value is -2.40. The fourth-order valence-corrected chi connectivity index (χ4v) is 3.54. The van der Waals surface area contributed by atoms with Gasteiger partial charge in [0.15, 0.2) is 0 Å². The molecule has 5 heteroatoms. The van der Waals surface area contributed by atoms with Gasteiger partial charge in [-0.1, -0.05) is 18.2 Å². The summed E-state index contributed by atoms with van der Waals surface area (Å²) in [6.07, 6.45) is 1.80. The van der Waals surface area contributed by atoms with E-state index in [0.717, 1.165) is 21.9 Å². The molecule has 0 spiro atoms. The van der Waals surface area contributed by atoms with Crippen molar-refractivity contribution in [2.24, 2.45) is 0 Å². The Morgan fingerprint density at radius 3 is 2.86 bits per heavy atom. The number of nitrogens with zero attached hydrogens (tertiary/aromatic N) is 3. The van der Waals surface area contributed by atoms with Crippen LogP contribution in [0.3, 0.4) is 0 Å². The first-order valence-corrected chi connectivity index (χ1v) is 7.73. The predicted octanol–water partition coefficient (Wildman–Crippen LogP) is 3.84. The summed E-state index contributed by atoms with van der Waals surface area (Å²) in [4.78, 5) is 8.93. The number of hydrogen-bond acceptors (Lipinski definition) is 4. The summed E-state index contributed by atoms with van der Waals surface area (Å²) in [5, 5.41) is 5.32. The van der Waals surface area contributed by atoms with Gasteiger partial charge in [0.2, 0.25) is 5.95 Å². The molecule has 0 aliphatic heterocycles. The van der Waals surface area contributed by atoms with Crippen molar-refractivity contribution in [2.75, 3.05) is 5.73 Å². The van der Waals surface area contributed by atoms with E-state index in [-0.39, 0.29) is 6.04 Å². The van der Waals surface area contributed by atoms with Crippen LogP contribution in [0.25, 0.3) is 21.9 Å². The molecule has 0 aliphatic rings. The molecule has 0 saturated heterocycles. The number of benzene rings is 1. The van der Waals surface area contributed by atoms with Crippen LogP contribution in [-0.4, -0.2) is 14.5 Å². The van der Waals surface area contributed by atoms with E-state index in [9.17, 15) is 0 Å². The lowest BCUT2D eigenvalue weighted by Crippen LogP contribution is -2.09. The van der Waals surface area contributed by atoms with Gasteiger partial charge in [0.25, 0.3) is 0 Å². The van der Waals surface area contributed by atoms with E-state index in [0.29, 0.717) is 5.95 Å². The molecule has 0 radical (unpaired) electrons. The zero-order valence-corrected chi connectivity index (χ0v) is 12.3. The highest BCUT2D eigenvalue weighted by atomic mass is 32.1. The second kappa shape index (κ2) is 4.56. The van der Waals surface area contributed by atoms with Crippen molar-refractivity contribution in [3.63, 3.8) is 0 Å². The maximum Gasteiger partial charge on any atom is 0.201 e. The second-order valence-electron chi connectivity index (χ2n) is 5.08. The fraction of sp³-hybridized carbons (Fsp3) is 0.125. The molecule has 1 unspecified atom stereocenters. The molecule has 0 saturated carbocycles. The maximum absolute atomic E-state index is 6.18. The number of aromatic nitrogens is 3. The number of nitrogen functional groups attached to an aromatic ring is 1. The number of imidazole rings is 1. The Bertz CT molecular complexity index is 924. The highest BCUT2D eigenvalue weighted by Gasteiger charge is 2.18. The van der Waals surface area contributed by atoms with Crippen molar-refractivity contribution in [2.45, 2.75) is 13.0 Å². The molecule has 21 heavy (non-hydrogen) atoms. The van der Waals surface area contributed by atoms with Gasteiger partial charge >= 0.3 is 0 Å². The molecule has 0 bridgehead atoms. The lowest BCUT2D eigenvalue weighted by Gasteiger charge is -2.15. The normalized spacial score (nSPS) is 13.0. The van der Waals surface area contributed by atoms with Gasteiger partial charge in [-0.15, -0.1) is 0 Å². The van der Waals surface area contributed by atoms with E-state index in [1.165, 1.54) is 5.56 Å². The fourth-order valence-electron chi connectivity index (χ4n) is 2.80. The average Bonchev–Trinajstić information content (AvgIpc) is 3.13. The van der Waals surface area contributed by atoms with E-state index in [2.05, 4.69) is 44.4 Å². The average molecular weight is 294 g/mol. The molecule has 1 aromatic carbocycles. The highest BCUT2D eigenvalue weighted by molar-refractivity contribution is 7.07. The van der Waals surface area contributed by atoms with Crippen molar-refractivity contribution >= 4 is 39.2 Å². The van der Waals surface area contributed by atoms with Crippen LogP contribution in [-0.2, 0) is 0 Å². The first-order chi connectivity index (χ1) is 10.3. The minimum atomic E-state index is 0.145. The first-order valence-electron chi connectivity index (χ1n) is 6.79. The molecular formula is C16H14N4S. The minimum Gasteiger partial charge on any atom is -0.369 e.